The Morgan fingerprint density at radius 1 is 1.86 bits per heavy atom. The minimum atomic E-state index is -2.28. The molecule has 40 valence electrons. The van der Waals surface area contributed by atoms with Crippen molar-refractivity contribution in [3.05, 3.63) is 0 Å². The van der Waals surface area contributed by atoms with Crippen LogP contribution in [0.5, 0.6) is 0 Å². The molecule has 5 heteroatoms. The molecule has 0 aliphatic rings. The third-order valence-corrected chi connectivity index (χ3v) is 1.54. The van der Waals surface area contributed by atoms with Crippen LogP contribution in [0, 0.1) is 0 Å². The Hall–Kier alpha value is -0.0775. The van der Waals surface area contributed by atoms with Gasteiger partial charge in [-0.05, 0) is 0 Å². The molecule has 0 atom stereocenters. The minimum Gasteiger partial charge on any atom is -0.495 e. The summed E-state index contributed by atoms with van der Waals surface area (Å²) in [4.78, 5) is 8.67. The third-order valence-electron chi connectivity index (χ3n) is 0.514. The molecule has 0 aliphatic carbocycles. The van der Waals surface area contributed by atoms with E-state index in [1.165, 1.54) is 0 Å². The van der Waals surface area contributed by atoms with Crippen LogP contribution in [0.25, 0.3) is 0 Å². The van der Waals surface area contributed by atoms with E-state index in [1.54, 1.807) is 0 Å². The highest BCUT2D eigenvalue weighted by atomic mass is 27.2. The minimum absolute atomic E-state index is 0.366. The van der Waals surface area contributed by atoms with Crippen LogP contribution in [0.15, 0.2) is 0 Å². The first-order valence-corrected chi connectivity index (χ1v) is 3.83. The monoisotopic (exact) mass is 119 g/mol. The molecule has 4 N–H and O–H groups in total. The number of aliphatic hydroxyl groups is 1. The number of rotatable bonds is 2. The van der Waals surface area contributed by atoms with Crippen LogP contribution in [0.3, 0.4) is 0 Å². The number of carbonyl (C=O) groups is 1. The summed E-state index contributed by atoms with van der Waals surface area (Å²) in [6.07, 6.45) is 0. The van der Waals surface area contributed by atoms with Crippen LogP contribution in [0.1, 0.15) is 0 Å². The average molecular weight is 119 g/mol. The predicted molar refractivity (Wildman–Crippen MR) is 25.1 cm³/mol. The summed E-state index contributed by atoms with van der Waals surface area (Å²) in [5.41, 5.74) is -0.366. The van der Waals surface area contributed by atoms with Gasteiger partial charge in [0.25, 0.3) is 0 Å². The smallest absolute Gasteiger partial charge is 0.495 e. The van der Waals surface area contributed by atoms with Crippen molar-refractivity contribution in [2.75, 3.05) is 5.47 Å². The molecule has 7 heavy (non-hydrogen) atoms. The second kappa shape index (κ2) is 2.99. The van der Waals surface area contributed by atoms with Crippen LogP contribution in [0.4, 0.5) is 4.79 Å². The van der Waals surface area contributed by atoms with Gasteiger partial charge in [-0.3, -0.25) is 4.79 Å². The molecule has 4 nitrogen and oxygen atoms in total. The van der Waals surface area contributed by atoms with Crippen molar-refractivity contribution in [2.45, 2.75) is 0 Å². The van der Waals surface area contributed by atoms with Crippen LogP contribution >= 0.6 is 0 Å². The molecule has 0 heterocycles. The maximum Gasteiger partial charge on any atom is 0.559 e. The highest BCUT2D eigenvalue weighted by Gasteiger charge is 2.21. The number of hydrogen-bond acceptors (Lipinski definition) is 3. The molecule has 0 aromatic heterocycles. The molecular formula is C2H6AlNO3. The van der Waals surface area contributed by atoms with E-state index in [-0.39, 0.29) is 5.47 Å². The Balaban J connectivity index is 3.34. The molecule has 0 aromatic carbocycles. The lowest BCUT2D eigenvalue weighted by molar-refractivity contribution is 0.217. The Bertz CT molecular complexity index is 75.3. The van der Waals surface area contributed by atoms with Gasteiger partial charge in [-0.15, -0.1) is 0 Å². The summed E-state index contributed by atoms with van der Waals surface area (Å²) in [5, 5.41) is 16.0. The first kappa shape index (κ1) is 6.92. The van der Waals surface area contributed by atoms with Gasteiger partial charge in [-0.25, -0.2) is 0 Å². The highest BCUT2D eigenvalue weighted by Crippen LogP contribution is 1.68. The van der Waals surface area contributed by atoms with Crippen molar-refractivity contribution in [2.24, 2.45) is 4.72 Å². The summed E-state index contributed by atoms with van der Waals surface area (Å²) in [7, 11) is 0. The quantitative estimate of drug-likeness (QED) is 0.395. The fourth-order valence-electron chi connectivity index (χ4n) is 0.0781. The molecular weight excluding hydrogens is 113 g/mol. The number of nitrogens with two attached hydrogens (primary N) is 1. The molecule has 0 radical (unpaired) electrons. The van der Waals surface area contributed by atoms with Crippen molar-refractivity contribution in [3.63, 3.8) is 0 Å². The van der Waals surface area contributed by atoms with Crippen molar-refractivity contribution >= 4 is 19.2 Å². The van der Waals surface area contributed by atoms with E-state index >= 15 is 0 Å². The molecule has 0 rings (SSSR count). The summed E-state index contributed by atoms with van der Waals surface area (Å²) in [6, 6.07) is 0. The van der Waals surface area contributed by atoms with E-state index in [9.17, 15) is 4.79 Å². The Morgan fingerprint density at radius 3 is 2.29 bits per heavy atom. The third kappa shape index (κ3) is 2.60. The molecule has 0 fully saturated rings. The van der Waals surface area contributed by atoms with Crippen molar-refractivity contribution in [1.82, 2.24) is 0 Å². The zero-order valence-electron chi connectivity index (χ0n) is 3.66. The number of aliphatic hydroxyl groups excluding tert-OH is 1. The van der Waals surface area contributed by atoms with Gasteiger partial charge in [0.1, 0.15) is 0 Å². The van der Waals surface area contributed by atoms with Gasteiger partial charge >= 0.3 is 14.4 Å². The van der Waals surface area contributed by atoms with Gasteiger partial charge in [0, 0.05) is 5.47 Å². The molecule has 0 amide bonds. The second-order valence-corrected chi connectivity index (χ2v) is 3.20. The molecule has 0 saturated carbocycles. The molecule has 0 bridgehead atoms. The SMILES string of the molecule is [NH2][Al]([CH2]O)[C](=O)O. The highest BCUT2D eigenvalue weighted by molar-refractivity contribution is 6.85. The Kier molecular flexibility index (Phi) is 2.96. The first-order chi connectivity index (χ1) is 3.18. The lowest BCUT2D eigenvalue weighted by Gasteiger charge is -1.88. The molecule has 0 aliphatic heterocycles. The molecule has 0 aromatic rings. The van der Waals surface area contributed by atoms with E-state index in [1.807, 2.05) is 0 Å². The zero-order valence-corrected chi connectivity index (χ0v) is 4.82. The van der Waals surface area contributed by atoms with E-state index in [4.69, 9.17) is 14.9 Å². The number of carboxylic acid groups (broad SMARTS) is 1. The van der Waals surface area contributed by atoms with E-state index in [2.05, 4.69) is 0 Å². The molecule has 0 unspecified atom stereocenters. The average Bonchev–Trinajstić information content (AvgIpc) is 1.65. The fourth-order valence-corrected chi connectivity index (χ4v) is 0.234. The summed E-state index contributed by atoms with van der Waals surface area (Å²) in [5.74, 6) is 0. The largest absolute Gasteiger partial charge is 0.559 e. The van der Waals surface area contributed by atoms with Crippen LogP contribution in [-0.2, 0) is 0 Å². The summed E-state index contributed by atoms with van der Waals surface area (Å²) >= 11 is -2.28. The Labute approximate surface area is 45.2 Å². The van der Waals surface area contributed by atoms with Gasteiger partial charge in [-0.2, -0.15) is 0 Å². The van der Waals surface area contributed by atoms with Crippen molar-refractivity contribution < 1.29 is 15.0 Å². The standard InChI is InChI=1S/CHO2.CH3O.Al.H2N/c2-1-3;1-2;;/h(H,2,3);2H,1H2;;1H2/q;;+1;-1. The summed E-state index contributed by atoms with van der Waals surface area (Å²) in [6.45, 7) is 0. The van der Waals surface area contributed by atoms with Crippen LogP contribution < -0.4 is 4.72 Å². The van der Waals surface area contributed by atoms with Crippen LogP contribution in [0.2, 0.25) is 0 Å². The number of hydrogen-bond donors (Lipinski definition) is 3. The van der Waals surface area contributed by atoms with E-state index in [0.717, 1.165) is 0 Å². The second-order valence-electron chi connectivity index (χ2n) is 1.13. The van der Waals surface area contributed by atoms with Gasteiger partial charge in [-0.1, -0.05) is 0 Å². The lowest BCUT2D eigenvalue weighted by Crippen LogP contribution is -2.38. The van der Waals surface area contributed by atoms with Gasteiger partial charge in [0.15, 0.2) is 0 Å². The van der Waals surface area contributed by atoms with Gasteiger partial charge in [0.2, 0.25) is 4.83 Å². The van der Waals surface area contributed by atoms with E-state index in [0.29, 0.717) is 0 Å². The predicted octanol–water partition coefficient (Wildman–Crippen LogP) is -1.27. The topological polar surface area (TPSA) is 83.5 Å². The first-order valence-electron chi connectivity index (χ1n) is 1.77. The van der Waals surface area contributed by atoms with Gasteiger partial charge in [0.05, 0.1) is 0 Å². The van der Waals surface area contributed by atoms with Crippen molar-refractivity contribution in [3.8, 4) is 0 Å². The van der Waals surface area contributed by atoms with Gasteiger partial charge < -0.3 is 14.9 Å². The van der Waals surface area contributed by atoms with Crippen LogP contribution in [-0.4, -0.2) is 34.9 Å². The summed E-state index contributed by atoms with van der Waals surface area (Å²) < 4.78 is 4.91. The maximum atomic E-state index is 9.71. The molecule has 0 spiro atoms. The fraction of sp³-hybridized carbons (Fsp3) is 0.500. The zero-order chi connectivity index (χ0) is 5.86. The van der Waals surface area contributed by atoms with Crippen molar-refractivity contribution in [1.29, 1.82) is 0 Å². The molecule has 0 saturated heterocycles. The van der Waals surface area contributed by atoms with E-state index < -0.39 is 19.2 Å². The maximum absolute atomic E-state index is 9.71. The normalized spacial score (nSPS) is 8.29. The Morgan fingerprint density at radius 2 is 2.29 bits per heavy atom. The lowest BCUT2D eigenvalue weighted by atomic mass is 11.6.